The van der Waals surface area contributed by atoms with Crippen molar-refractivity contribution in [2.75, 3.05) is 6.67 Å². The Morgan fingerprint density at radius 3 is 2.26 bits per heavy atom. The van der Waals surface area contributed by atoms with Crippen LogP contribution in [0.15, 0.2) is 59.4 Å². The Bertz CT molecular complexity index is 954. The maximum Gasteiger partial charge on any atom is 0.253 e. The molecule has 31 heavy (non-hydrogen) atoms. The maximum atomic E-state index is 13.3. The highest BCUT2D eigenvalue weighted by Crippen LogP contribution is 2.24. The third kappa shape index (κ3) is 6.48. The van der Waals surface area contributed by atoms with Crippen LogP contribution >= 0.6 is 23.2 Å². The first-order valence-electron chi connectivity index (χ1n) is 9.45. The lowest BCUT2D eigenvalue weighted by Gasteiger charge is -2.22. The Morgan fingerprint density at radius 1 is 1.06 bits per heavy atom. The van der Waals surface area contributed by atoms with Crippen LogP contribution in [-0.4, -0.2) is 38.7 Å². The predicted octanol–water partition coefficient (Wildman–Crippen LogP) is 3.32. The molecule has 1 aromatic heterocycles. The second-order valence-electron chi connectivity index (χ2n) is 6.78. The van der Waals surface area contributed by atoms with Crippen LogP contribution in [0.1, 0.15) is 23.1 Å². The number of aliphatic hydroxyl groups is 1. The quantitative estimate of drug-likeness (QED) is 0.396. The summed E-state index contributed by atoms with van der Waals surface area (Å²) in [6, 6.07) is 13.9. The number of rotatable bonds is 10. The normalized spacial score (nSPS) is 13.2. The van der Waals surface area contributed by atoms with E-state index < -0.39 is 29.6 Å². The van der Waals surface area contributed by atoms with Crippen molar-refractivity contribution < 1.29 is 18.8 Å². The molecule has 1 heterocycles. The zero-order valence-corrected chi connectivity index (χ0v) is 17.9. The SMILES string of the molecule is O=C(NC(CF)[C@H](O)c1ccc(-c2ccc(CNCc3ncon3)cc2)cc1)C(Cl)Cl. The van der Waals surface area contributed by atoms with Crippen LogP contribution in [0, 0.1) is 0 Å². The van der Waals surface area contributed by atoms with Gasteiger partial charge in [0.15, 0.2) is 10.7 Å². The average Bonchev–Trinajstić information content (AvgIpc) is 3.31. The van der Waals surface area contributed by atoms with Crippen LogP contribution in [0.25, 0.3) is 11.1 Å². The van der Waals surface area contributed by atoms with Gasteiger partial charge in [-0.1, -0.05) is 76.9 Å². The molecule has 2 aromatic carbocycles. The van der Waals surface area contributed by atoms with Gasteiger partial charge in [-0.25, -0.2) is 4.39 Å². The molecule has 164 valence electrons. The molecule has 0 bridgehead atoms. The number of nitrogens with zero attached hydrogens (tertiary/aromatic N) is 2. The van der Waals surface area contributed by atoms with Gasteiger partial charge < -0.3 is 20.3 Å². The van der Waals surface area contributed by atoms with E-state index in [0.29, 0.717) is 24.5 Å². The zero-order chi connectivity index (χ0) is 22.2. The molecular formula is C21H21Cl2FN4O3. The molecule has 0 aliphatic heterocycles. The van der Waals surface area contributed by atoms with E-state index in [-0.39, 0.29) is 0 Å². The predicted molar refractivity (Wildman–Crippen MR) is 115 cm³/mol. The van der Waals surface area contributed by atoms with Crippen LogP contribution in [0.5, 0.6) is 0 Å². The molecule has 1 unspecified atom stereocenters. The molecular weight excluding hydrogens is 446 g/mol. The van der Waals surface area contributed by atoms with E-state index in [9.17, 15) is 14.3 Å². The van der Waals surface area contributed by atoms with Crippen molar-refractivity contribution in [2.45, 2.75) is 30.1 Å². The van der Waals surface area contributed by atoms with Crippen molar-refractivity contribution in [2.24, 2.45) is 0 Å². The molecule has 0 spiro atoms. The Morgan fingerprint density at radius 2 is 1.71 bits per heavy atom. The first kappa shape index (κ1) is 23.1. The minimum Gasteiger partial charge on any atom is -0.386 e. The monoisotopic (exact) mass is 466 g/mol. The van der Waals surface area contributed by atoms with Crippen molar-refractivity contribution in [3.05, 3.63) is 71.9 Å². The van der Waals surface area contributed by atoms with Crippen molar-refractivity contribution in [1.29, 1.82) is 0 Å². The number of amides is 1. The second kappa shape index (κ2) is 11.2. The second-order valence-corrected chi connectivity index (χ2v) is 7.88. The third-order valence-electron chi connectivity index (χ3n) is 4.63. The first-order valence-corrected chi connectivity index (χ1v) is 10.3. The summed E-state index contributed by atoms with van der Waals surface area (Å²) in [4.78, 5) is 14.2. The van der Waals surface area contributed by atoms with E-state index in [0.717, 1.165) is 16.7 Å². The van der Waals surface area contributed by atoms with E-state index in [4.69, 9.17) is 23.2 Å². The summed E-state index contributed by atoms with van der Waals surface area (Å²) < 4.78 is 18.0. The van der Waals surface area contributed by atoms with Crippen LogP contribution < -0.4 is 10.6 Å². The molecule has 3 rings (SSSR count). The Balaban J connectivity index is 1.59. The van der Waals surface area contributed by atoms with Crippen LogP contribution in [0.4, 0.5) is 4.39 Å². The van der Waals surface area contributed by atoms with Crippen molar-refractivity contribution in [3.8, 4) is 11.1 Å². The van der Waals surface area contributed by atoms with E-state index >= 15 is 0 Å². The summed E-state index contributed by atoms with van der Waals surface area (Å²) in [5.74, 6) is -0.160. The van der Waals surface area contributed by atoms with E-state index in [2.05, 4.69) is 25.3 Å². The highest BCUT2D eigenvalue weighted by Gasteiger charge is 2.25. The topological polar surface area (TPSA) is 100 Å². The number of nitrogens with one attached hydrogen (secondary N) is 2. The smallest absolute Gasteiger partial charge is 0.253 e. The summed E-state index contributed by atoms with van der Waals surface area (Å²) >= 11 is 10.9. The lowest BCUT2D eigenvalue weighted by atomic mass is 9.98. The standard InChI is InChI=1S/C21H21Cl2FN4O3/c22-20(23)21(30)27-17(9-24)19(29)16-7-5-15(6-8-16)14-3-1-13(2-4-14)10-25-11-18-26-12-31-28-18/h1-8,12,17,19-20,25,29H,9-11H2,(H,27,30)/t17?,19-/m1/s1. The molecule has 2 atom stereocenters. The van der Waals surface area contributed by atoms with E-state index in [1.807, 2.05) is 36.4 Å². The molecule has 1 amide bonds. The Kier molecular flexibility index (Phi) is 8.36. The molecule has 0 saturated heterocycles. The van der Waals surface area contributed by atoms with Gasteiger partial charge in [-0.3, -0.25) is 4.79 Å². The van der Waals surface area contributed by atoms with Crippen LogP contribution in [0.2, 0.25) is 0 Å². The van der Waals surface area contributed by atoms with E-state index in [1.165, 1.54) is 6.39 Å². The minimum absolute atomic E-state index is 0.467. The molecule has 0 fully saturated rings. The summed E-state index contributed by atoms with van der Waals surface area (Å²) in [5, 5.41) is 19.7. The number of alkyl halides is 3. The van der Waals surface area contributed by atoms with Crippen molar-refractivity contribution in [3.63, 3.8) is 0 Å². The molecule has 7 nitrogen and oxygen atoms in total. The van der Waals surface area contributed by atoms with Crippen LogP contribution in [0.3, 0.4) is 0 Å². The number of carbonyl (C=O) groups is 1. The number of aliphatic hydroxyl groups excluding tert-OH is 1. The van der Waals surface area contributed by atoms with Gasteiger partial charge in [0.1, 0.15) is 12.8 Å². The average molecular weight is 467 g/mol. The zero-order valence-electron chi connectivity index (χ0n) is 16.3. The Labute approximate surface area is 188 Å². The summed E-state index contributed by atoms with van der Waals surface area (Å²) in [6.07, 6.45) is 0.0570. The van der Waals surface area contributed by atoms with Gasteiger partial charge in [0.25, 0.3) is 5.91 Å². The van der Waals surface area contributed by atoms with Gasteiger partial charge in [0, 0.05) is 6.54 Å². The fourth-order valence-electron chi connectivity index (χ4n) is 2.96. The molecule has 10 heteroatoms. The van der Waals surface area contributed by atoms with Gasteiger partial charge in [-0.2, -0.15) is 4.98 Å². The lowest BCUT2D eigenvalue weighted by molar-refractivity contribution is -0.121. The minimum atomic E-state index is -1.33. The number of hydrogen-bond donors (Lipinski definition) is 3. The number of benzene rings is 2. The molecule has 3 aromatic rings. The largest absolute Gasteiger partial charge is 0.386 e. The summed E-state index contributed by atoms with van der Waals surface area (Å²) in [7, 11) is 0. The van der Waals surface area contributed by atoms with Crippen LogP contribution in [-0.2, 0) is 17.9 Å². The van der Waals surface area contributed by atoms with Crippen molar-refractivity contribution >= 4 is 29.1 Å². The number of halogens is 3. The number of carbonyl (C=O) groups excluding carboxylic acids is 1. The van der Waals surface area contributed by atoms with Crippen molar-refractivity contribution in [1.82, 2.24) is 20.8 Å². The fraction of sp³-hybridized carbons (Fsp3) is 0.286. The Hall–Kier alpha value is -2.52. The third-order valence-corrected chi connectivity index (χ3v) is 5.03. The molecule has 0 aliphatic carbocycles. The first-order chi connectivity index (χ1) is 15.0. The highest BCUT2D eigenvalue weighted by atomic mass is 35.5. The fourth-order valence-corrected chi connectivity index (χ4v) is 3.08. The molecule has 0 saturated carbocycles. The summed E-state index contributed by atoms with van der Waals surface area (Å²) in [5.41, 5.74) is 3.49. The van der Waals surface area contributed by atoms with E-state index in [1.54, 1.807) is 12.1 Å². The lowest BCUT2D eigenvalue weighted by Crippen LogP contribution is -2.43. The molecule has 0 radical (unpaired) electrons. The molecule has 3 N–H and O–H groups in total. The van der Waals surface area contributed by atoms with Gasteiger partial charge in [0.2, 0.25) is 6.39 Å². The van der Waals surface area contributed by atoms with Gasteiger partial charge in [0.05, 0.1) is 12.6 Å². The number of hydrogen-bond acceptors (Lipinski definition) is 6. The van der Waals surface area contributed by atoms with Gasteiger partial charge in [-0.15, -0.1) is 0 Å². The maximum absolute atomic E-state index is 13.3. The molecule has 0 aliphatic rings. The van der Waals surface area contributed by atoms with Gasteiger partial charge >= 0.3 is 0 Å². The van der Waals surface area contributed by atoms with Gasteiger partial charge in [-0.05, 0) is 22.3 Å². The summed E-state index contributed by atoms with van der Waals surface area (Å²) in [6.45, 7) is 0.206. The highest BCUT2D eigenvalue weighted by molar-refractivity contribution is 6.53. The number of aromatic nitrogens is 2.